The van der Waals surface area contributed by atoms with Crippen LogP contribution in [0.25, 0.3) is 0 Å². The van der Waals surface area contributed by atoms with Crippen molar-refractivity contribution in [3.63, 3.8) is 0 Å². The van der Waals surface area contributed by atoms with E-state index in [1.165, 1.54) is 38.4 Å². The van der Waals surface area contributed by atoms with Gasteiger partial charge in [-0.25, -0.2) is 18.6 Å². The summed E-state index contributed by atoms with van der Waals surface area (Å²) in [5.74, 6) is 4.43. The van der Waals surface area contributed by atoms with Gasteiger partial charge in [-0.05, 0) is 18.2 Å². The van der Waals surface area contributed by atoms with Crippen LogP contribution in [0.4, 0.5) is 0 Å². The highest BCUT2D eigenvalue weighted by molar-refractivity contribution is 7.89. The van der Waals surface area contributed by atoms with Crippen LogP contribution in [0, 0.1) is 0 Å². The molecule has 3 N–H and O–H groups in total. The lowest BCUT2D eigenvalue weighted by molar-refractivity contribution is 0.0953. The standard InChI is InChI=1S/C9H13N3O3S/c1-12(2)16(14,15)8-5-3-4-7(6-8)9(13)11-10/h3-6H,10H2,1-2H3,(H,11,13). The molecule has 0 aromatic heterocycles. The summed E-state index contributed by atoms with van der Waals surface area (Å²) in [5, 5.41) is 0. The third-order valence-corrected chi connectivity index (χ3v) is 3.82. The topological polar surface area (TPSA) is 92.5 Å². The third kappa shape index (κ3) is 2.38. The van der Waals surface area contributed by atoms with Gasteiger partial charge in [-0.1, -0.05) is 6.07 Å². The Balaban J connectivity index is 3.24. The number of carbonyl (C=O) groups is 1. The molecular formula is C9H13N3O3S. The lowest BCUT2D eigenvalue weighted by atomic mass is 10.2. The predicted octanol–water partition coefficient (Wildman–Crippen LogP) is -0.460. The molecule has 16 heavy (non-hydrogen) atoms. The Labute approximate surface area is 94.1 Å². The first-order valence-corrected chi connectivity index (χ1v) is 5.87. The fraction of sp³-hybridized carbons (Fsp3) is 0.222. The second kappa shape index (κ2) is 4.60. The number of hydrazine groups is 1. The van der Waals surface area contributed by atoms with Gasteiger partial charge in [0.1, 0.15) is 0 Å². The van der Waals surface area contributed by atoms with Gasteiger partial charge in [0, 0.05) is 19.7 Å². The summed E-state index contributed by atoms with van der Waals surface area (Å²) in [7, 11) is -0.685. The van der Waals surface area contributed by atoms with E-state index in [0.29, 0.717) is 0 Å². The van der Waals surface area contributed by atoms with Crippen LogP contribution >= 0.6 is 0 Å². The van der Waals surface area contributed by atoms with Gasteiger partial charge in [0.2, 0.25) is 10.0 Å². The van der Waals surface area contributed by atoms with Crippen LogP contribution in [0.2, 0.25) is 0 Å². The molecule has 0 saturated carbocycles. The number of sulfonamides is 1. The molecule has 88 valence electrons. The molecule has 0 aliphatic heterocycles. The van der Waals surface area contributed by atoms with Crippen molar-refractivity contribution in [1.29, 1.82) is 0 Å². The lowest BCUT2D eigenvalue weighted by Gasteiger charge is -2.11. The van der Waals surface area contributed by atoms with Gasteiger partial charge >= 0.3 is 0 Å². The third-order valence-electron chi connectivity index (χ3n) is 2.01. The van der Waals surface area contributed by atoms with Crippen LogP contribution in [0.15, 0.2) is 29.2 Å². The maximum Gasteiger partial charge on any atom is 0.265 e. The zero-order chi connectivity index (χ0) is 12.3. The van der Waals surface area contributed by atoms with Crippen LogP contribution < -0.4 is 11.3 Å². The summed E-state index contributed by atoms with van der Waals surface area (Å²) >= 11 is 0. The Morgan fingerprint density at radius 2 is 2.00 bits per heavy atom. The van der Waals surface area contributed by atoms with Gasteiger partial charge in [0.05, 0.1) is 4.90 Å². The quantitative estimate of drug-likeness (QED) is 0.427. The largest absolute Gasteiger partial charge is 0.290 e. The van der Waals surface area contributed by atoms with E-state index >= 15 is 0 Å². The first-order chi connectivity index (χ1) is 7.39. The Morgan fingerprint density at radius 1 is 1.38 bits per heavy atom. The number of hydrogen-bond donors (Lipinski definition) is 2. The molecule has 0 aliphatic rings. The molecule has 0 radical (unpaired) electrons. The van der Waals surface area contributed by atoms with Crippen molar-refractivity contribution in [2.45, 2.75) is 4.90 Å². The molecule has 6 nitrogen and oxygen atoms in total. The summed E-state index contributed by atoms with van der Waals surface area (Å²) in [6.07, 6.45) is 0. The number of carbonyl (C=O) groups excluding carboxylic acids is 1. The number of benzene rings is 1. The Morgan fingerprint density at radius 3 is 2.50 bits per heavy atom. The van der Waals surface area contributed by atoms with Gasteiger partial charge in [0.15, 0.2) is 0 Å². The Kier molecular flexibility index (Phi) is 3.63. The molecule has 0 aliphatic carbocycles. The number of rotatable bonds is 3. The maximum atomic E-state index is 11.8. The molecule has 1 amide bonds. The van der Waals surface area contributed by atoms with Crippen LogP contribution in [0.5, 0.6) is 0 Å². The van der Waals surface area contributed by atoms with Gasteiger partial charge < -0.3 is 0 Å². The number of hydrogen-bond acceptors (Lipinski definition) is 4. The number of nitrogens with one attached hydrogen (secondary N) is 1. The van der Waals surface area contributed by atoms with Crippen molar-refractivity contribution in [3.8, 4) is 0 Å². The molecule has 0 saturated heterocycles. The van der Waals surface area contributed by atoms with E-state index in [1.807, 2.05) is 5.43 Å². The summed E-state index contributed by atoms with van der Waals surface area (Å²) in [6, 6.07) is 5.66. The zero-order valence-electron chi connectivity index (χ0n) is 8.97. The van der Waals surface area contributed by atoms with Crippen molar-refractivity contribution in [2.75, 3.05) is 14.1 Å². The van der Waals surface area contributed by atoms with E-state index < -0.39 is 15.9 Å². The Hall–Kier alpha value is -1.44. The van der Waals surface area contributed by atoms with E-state index in [-0.39, 0.29) is 10.5 Å². The summed E-state index contributed by atoms with van der Waals surface area (Å²) < 4.78 is 24.6. The van der Waals surface area contributed by atoms with Crippen molar-refractivity contribution in [1.82, 2.24) is 9.73 Å². The minimum Gasteiger partial charge on any atom is -0.290 e. The maximum absolute atomic E-state index is 11.8. The SMILES string of the molecule is CN(C)S(=O)(=O)c1cccc(C(=O)NN)c1. The molecule has 0 heterocycles. The highest BCUT2D eigenvalue weighted by Gasteiger charge is 2.18. The first kappa shape index (κ1) is 12.6. The molecule has 0 unspecified atom stereocenters. The van der Waals surface area contributed by atoms with Gasteiger partial charge in [0.25, 0.3) is 5.91 Å². The van der Waals surface area contributed by atoms with Crippen LogP contribution in [-0.4, -0.2) is 32.7 Å². The van der Waals surface area contributed by atoms with E-state index in [0.717, 1.165) is 4.31 Å². The van der Waals surface area contributed by atoms with Gasteiger partial charge in [-0.2, -0.15) is 0 Å². The van der Waals surface area contributed by atoms with Crippen LogP contribution in [-0.2, 0) is 10.0 Å². The molecule has 7 heteroatoms. The number of nitrogens with two attached hydrogens (primary N) is 1. The number of amides is 1. The smallest absolute Gasteiger partial charge is 0.265 e. The van der Waals surface area contributed by atoms with E-state index in [4.69, 9.17) is 5.84 Å². The fourth-order valence-electron chi connectivity index (χ4n) is 1.09. The highest BCUT2D eigenvalue weighted by atomic mass is 32.2. The molecule has 0 fully saturated rings. The van der Waals surface area contributed by atoms with Crippen molar-refractivity contribution >= 4 is 15.9 Å². The van der Waals surface area contributed by atoms with Crippen LogP contribution in [0.1, 0.15) is 10.4 Å². The average molecular weight is 243 g/mol. The molecule has 0 bridgehead atoms. The second-order valence-corrected chi connectivity index (χ2v) is 5.44. The predicted molar refractivity (Wildman–Crippen MR) is 59.0 cm³/mol. The van der Waals surface area contributed by atoms with Crippen LogP contribution in [0.3, 0.4) is 0 Å². The van der Waals surface area contributed by atoms with Gasteiger partial charge in [-0.15, -0.1) is 0 Å². The monoisotopic (exact) mass is 243 g/mol. The molecule has 1 aromatic rings. The van der Waals surface area contributed by atoms with Gasteiger partial charge in [-0.3, -0.25) is 10.2 Å². The van der Waals surface area contributed by atoms with Crippen molar-refractivity contribution in [3.05, 3.63) is 29.8 Å². The minimum atomic E-state index is -3.53. The van der Waals surface area contributed by atoms with Crippen molar-refractivity contribution < 1.29 is 13.2 Å². The molecule has 1 aromatic carbocycles. The minimum absolute atomic E-state index is 0.0543. The van der Waals surface area contributed by atoms with Crippen molar-refractivity contribution in [2.24, 2.45) is 5.84 Å². The van der Waals surface area contributed by atoms with E-state index in [2.05, 4.69) is 0 Å². The number of nitrogen functional groups attached to an aromatic ring is 1. The number of nitrogens with zero attached hydrogens (tertiary/aromatic N) is 1. The highest BCUT2D eigenvalue weighted by Crippen LogP contribution is 2.14. The van der Waals surface area contributed by atoms with E-state index in [9.17, 15) is 13.2 Å². The Bertz CT molecular complexity index is 496. The summed E-state index contributed by atoms with van der Waals surface area (Å²) in [4.78, 5) is 11.3. The molecule has 1 rings (SSSR count). The average Bonchev–Trinajstić information content (AvgIpc) is 2.28. The summed E-state index contributed by atoms with van der Waals surface area (Å²) in [6.45, 7) is 0. The lowest BCUT2D eigenvalue weighted by Crippen LogP contribution is -2.30. The normalized spacial score (nSPS) is 11.5. The van der Waals surface area contributed by atoms with E-state index in [1.54, 1.807) is 0 Å². The summed E-state index contributed by atoms with van der Waals surface area (Å²) in [5.41, 5.74) is 2.14. The molecule has 0 spiro atoms. The molecular weight excluding hydrogens is 230 g/mol. The molecule has 0 atom stereocenters. The second-order valence-electron chi connectivity index (χ2n) is 3.29. The first-order valence-electron chi connectivity index (χ1n) is 4.43. The zero-order valence-corrected chi connectivity index (χ0v) is 9.78. The fourth-order valence-corrected chi connectivity index (χ4v) is 2.04.